The van der Waals surface area contributed by atoms with E-state index in [1.165, 1.54) is 11.1 Å². The molecule has 0 fully saturated rings. The van der Waals surface area contributed by atoms with E-state index >= 15 is 0 Å². The molecule has 100 valence electrons. The summed E-state index contributed by atoms with van der Waals surface area (Å²) >= 11 is 0. The fourth-order valence-electron chi connectivity index (χ4n) is 2.94. The number of hydrogen-bond donors (Lipinski definition) is 0. The molecular weight excluding hydrogens is 240 g/mol. The molecule has 4 nitrogen and oxygen atoms in total. The Bertz CT molecular complexity index is 522. The average Bonchev–Trinajstić information content (AvgIpc) is 2.44. The van der Waals surface area contributed by atoms with Gasteiger partial charge in [-0.05, 0) is 43.1 Å². The monoisotopic (exact) mass is 258 g/mol. The van der Waals surface area contributed by atoms with E-state index < -0.39 is 0 Å². The second kappa shape index (κ2) is 5.10. The molecule has 19 heavy (non-hydrogen) atoms. The van der Waals surface area contributed by atoms with Crippen LogP contribution in [0.25, 0.3) is 0 Å². The maximum absolute atomic E-state index is 8.81. The van der Waals surface area contributed by atoms with Gasteiger partial charge in [-0.2, -0.15) is 5.26 Å². The number of fused-ring (bicyclic) bond motifs is 2. The highest BCUT2D eigenvalue weighted by atomic mass is 16.6. The second-order valence-corrected chi connectivity index (χ2v) is 5.14. The Morgan fingerprint density at radius 1 is 1.32 bits per heavy atom. The lowest BCUT2D eigenvalue weighted by molar-refractivity contribution is 0.168. The van der Waals surface area contributed by atoms with Gasteiger partial charge in [0.2, 0.25) is 0 Å². The van der Waals surface area contributed by atoms with E-state index in [1.54, 1.807) is 0 Å². The zero-order valence-electron chi connectivity index (χ0n) is 11.2. The van der Waals surface area contributed by atoms with Crippen LogP contribution >= 0.6 is 0 Å². The number of rotatable bonds is 2. The van der Waals surface area contributed by atoms with Crippen LogP contribution in [0.3, 0.4) is 0 Å². The van der Waals surface area contributed by atoms with Crippen LogP contribution in [0, 0.1) is 11.3 Å². The van der Waals surface area contributed by atoms with E-state index in [2.05, 4.69) is 30.1 Å². The van der Waals surface area contributed by atoms with Crippen LogP contribution in [-0.2, 0) is 6.42 Å². The predicted octanol–water partition coefficient (Wildman–Crippen LogP) is 2.29. The summed E-state index contributed by atoms with van der Waals surface area (Å²) in [6, 6.07) is 6.80. The van der Waals surface area contributed by atoms with E-state index in [0.717, 1.165) is 30.9 Å². The highest BCUT2D eigenvalue weighted by molar-refractivity contribution is 5.50. The summed E-state index contributed by atoms with van der Waals surface area (Å²) in [4.78, 5) is 2.33. The third kappa shape index (κ3) is 2.26. The first-order chi connectivity index (χ1) is 9.29. The molecule has 4 heteroatoms. The maximum atomic E-state index is 8.81. The molecule has 1 aromatic carbocycles. The van der Waals surface area contributed by atoms with Gasteiger partial charge in [0.15, 0.2) is 11.5 Å². The SMILES string of the molecule is CN1CCc2cc3c(cc2C1CCC#N)OCCO3. The number of likely N-dealkylation sites (N-methyl/N-ethyl adjacent to an activating group) is 1. The summed E-state index contributed by atoms with van der Waals surface area (Å²) in [5, 5.41) is 8.81. The van der Waals surface area contributed by atoms with Gasteiger partial charge in [-0.1, -0.05) is 0 Å². The van der Waals surface area contributed by atoms with E-state index in [0.29, 0.717) is 25.7 Å². The molecule has 0 saturated carbocycles. The van der Waals surface area contributed by atoms with Crippen molar-refractivity contribution in [3.8, 4) is 17.6 Å². The van der Waals surface area contributed by atoms with Crippen LogP contribution in [0.15, 0.2) is 12.1 Å². The quantitative estimate of drug-likeness (QED) is 0.816. The molecule has 1 unspecified atom stereocenters. The van der Waals surface area contributed by atoms with Gasteiger partial charge in [-0.15, -0.1) is 0 Å². The van der Waals surface area contributed by atoms with Crippen LogP contribution in [-0.4, -0.2) is 31.7 Å². The lowest BCUT2D eigenvalue weighted by atomic mass is 9.90. The van der Waals surface area contributed by atoms with Gasteiger partial charge in [-0.3, -0.25) is 4.90 Å². The Balaban J connectivity index is 1.97. The first-order valence-corrected chi connectivity index (χ1v) is 6.79. The van der Waals surface area contributed by atoms with Gasteiger partial charge >= 0.3 is 0 Å². The van der Waals surface area contributed by atoms with Gasteiger partial charge in [0, 0.05) is 19.0 Å². The van der Waals surface area contributed by atoms with E-state index in [4.69, 9.17) is 14.7 Å². The Morgan fingerprint density at radius 2 is 2.05 bits per heavy atom. The summed E-state index contributed by atoms with van der Waals surface area (Å²) in [6.07, 6.45) is 2.49. The summed E-state index contributed by atoms with van der Waals surface area (Å²) < 4.78 is 11.3. The second-order valence-electron chi connectivity index (χ2n) is 5.14. The summed E-state index contributed by atoms with van der Waals surface area (Å²) in [7, 11) is 2.13. The topological polar surface area (TPSA) is 45.5 Å². The summed E-state index contributed by atoms with van der Waals surface area (Å²) in [5.74, 6) is 1.72. The van der Waals surface area contributed by atoms with Crippen LogP contribution in [0.5, 0.6) is 11.5 Å². The molecule has 1 aromatic rings. The zero-order valence-corrected chi connectivity index (χ0v) is 11.2. The molecule has 2 aliphatic rings. The maximum Gasteiger partial charge on any atom is 0.161 e. The molecule has 3 rings (SSSR count). The predicted molar refractivity (Wildman–Crippen MR) is 71.4 cm³/mol. The van der Waals surface area contributed by atoms with Crippen molar-refractivity contribution in [3.05, 3.63) is 23.3 Å². The fourth-order valence-corrected chi connectivity index (χ4v) is 2.94. The van der Waals surface area contributed by atoms with Crippen molar-refractivity contribution in [1.82, 2.24) is 4.90 Å². The normalized spacial score (nSPS) is 21.6. The Labute approximate surface area is 113 Å². The van der Waals surface area contributed by atoms with Gasteiger partial charge < -0.3 is 9.47 Å². The highest BCUT2D eigenvalue weighted by Crippen LogP contribution is 2.40. The molecule has 0 aromatic heterocycles. The number of ether oxygens (including phenoxy) is 2. The minimum Gasteiger partial charge on any atom is -0.486 e. The molecule has 0 spiro atoms. The molecule has 0 bridgehead atoms. The first-order valence-electron chi connectivity index (χ1n) is 6.79. The Morgan fingerprint density at radius 3 is 2.79 bits per heavy atom. The summed E-state index contributed by atoms with van der Waals surface area (Å²) in [6.45, 7) is 2.27. The van der Waals surface area contributed by atoms with E-state index in [-0.39, 0.29) is 0 Å². The van der Waals surface area contributed by atoms with E-state index in [9.17, 15) is 0 Å². The molecule has 0 radical (unpaired) electrons. The van der Waals surface area contributed by atoms with Crippen molar-refractivity contribution >= 4 is 0 Å². The third-order valence-electron chi connectivity index (χ3n) is 3.96. The number of nitrogens with zero attached hydrogens (tertiary/aromatic N) is 2. The third-order valence-corrected chi connectivity index (χ3v) is 3.96. The van der Waals surface area contributed by atoms with Crippen LogP contribution in [0.2, 0.25) is 0 Å². The van der Waals surface area contributed by atoms with Crippen molar-refractivity contribution in [2.24, 2.45) is 0 Å². The Kier molecular flexibility index (Phi) is 3.31. The van der Waals surface area contributed by atoms with Crippen molar-refractivity contribution < 1.29 is 9.47 Å². The van der Waals surface area contributed by atoms with Crippen molar-refractivity contribution in [2.45, 2.75) is 25.3 Å². The van der Waals surface area contributed by atoms with Gasteiger partial charge in [0.1, 0.15) is 13.2 Å². The van der Waals surface area contributed by atoms with Gasteiger partial charge in [0.05, 0.1) is 6.07 Å². The van der Waals surface area contributed by atoms with Crippen LogP contribution in [0.4, 0.5) is 0 Å². The lowest BCUT2D eigenvalue weighted by Crippen LogP contribution is -2.32. The molecule has 0 amide bonds. The van der Waals surface area contributed by atoms with Crippen LogP contribution in [0.1, 0.15) is 30.0 Å². The minimum atomic E-state index is 0.319. The molecule has 2 heterocycles. The largest absolute Gasteiger partial charge is 0.486 e. The van der Waals surface area contributed by atoms with Crippen molar-refractivity contribution in [3.63, 3.8) is 0 Å². The number of nitriles is 1. The number of hydrogen-bond acceptors (Lipinski definition) is 4. The number of benzene rings is 1. The standard InChI is InChI=1S/C15H18N2O2/c1-17-6-4-11-9-14-15(19-8-7-18-14)10-12(11)13(17)3-2-5-16/h9-10,13H,2-4,6-8H2,1H3. The highest BCUT2D eigenvalue weighted by Gasteiger charge is 2.27. The van der Waals surface area contributed by atoms with Crippen LogP contribution < -0.4 is 9.47 Å². The van der Waals surface area contributed by atoms with Crippen molar-refractivity contribution in [1.29, 1.82) is 5.26 Å². The minimum absolute atomic E-state index is 0.319. The fraction of sp³-hybridized carbons (Fsp3) is 0.533. The van der Waals surface area contributed by atoms with Gasteiger partial charge in [-0.25, -0.2) is 0 Å². The molecular formula is C15H18N2O2. The Hall–Kier alpha value is -1.73. The molecule has 0 N–H and O–H groups in total. The smallest absolute Gasteiger partial charge is 0.161 e. The summed E-state index contributed by atoms with van der Waals surface area (Å²) in [5.41, 5.74) is 2.64. The molecule has 2 aliphatic heterocycles. The molecule has 0 aliphatic carbocycles. The van der Waals surface area contributed by atoms with Crippen molar-refractivity contribution in [2.75, 3.05) is 26.8 Å². The zero-order chi connectivity index (χ0) is 13.2. The van der Waals surface area contributed by atoms with Gasteiger partial charge in [0.25, 0.3) is 0 Å². The molecule has 0 saturated heterocycles. The first kappa shape index (κ1) is 12.3. The molecule has 1 atom stereocenters. The lowest BCUT2D eigenvalue weighted by Gasteiger charge is -2.35. The average molecular weight is 258 g/mol. The van der Waals surface area contributed by atoms with E-state index in [1.807, 2.05) is 0 Å².